The van der Waals surface area contributed by atoms with Gasteiger partial charge in [-0.15, -0.1) is 0 Å². The minimum absolute atomic E-state index is 0.0423. The van der Waals surface area contributed by atoms with Crippen molar-refractivity contribution in [1.29, 1.82) is 0 Å². The maximum atomic E-state index is 12.8. The van der Waals surface area contributed by atoms with Gasteiger partial charge in [-0.2, -0.15) is 9.97 Å². The molecule has 0 atom stereocenters. The Morgan fingerprint density at radius 1 is 0.781 bits per heavy atom. The number of para-hydroxylation sites is 1. The number of carbonyl (C=O) groups excluding carboxylic acids is 2. The minimum Gasteiger partial charge on any atom is -0.416 e. The first-order chi connectivity index (χ1) is 15.7. The van der Waals surface area contributed by atoms with Gasteiger partial charge >= 0.3 is 0 Å². The van der Waals surface area contributed by atoms with Gasteiger partial charge in [0.15, 0.2) is 0 Å². The fourth-order valence-corrected chi connectivity index (χ4v) is 3.71. The Bertz CT molecular complexity index is 1510. The summed E-state index contributed by atoms with van der Waals surface area (Å²) in [6.07, 6.45) is 4.22. The van der Waals surface area contributed by atoms with Crippen molar-refractivity contribution in [2.24, 2.45) is 0 Å². The summed E-state index contributed by atoms with van der Waals surface area (Å²) < 4.78 is 7.66. The van der Waals surface area contributed by atoms with Crippen LogP contribution in [-0.4, -0.2) is 36.1 Å². The lowest BCUT2D eigenvalue weighted by atomic mass is 10.1. The summed E-state index contributed by atoms with van der Waals surface area (Å²) in [5, 5.41) is 0. The SMILES string of the molecule is O=C1C(=Cc2nc3oc(-c4ccccc4)nc3n2-c2ccccc2)C(=O)c2nccnc21. The van der Waals surface area contributed by atoms with Crippen molar-refractivity contribution in [2.75, 3.05) is 0 Å². The number of aromatic nitrogens is 5. The molecule has 2 aromatic carbocycles. The zero-order valence-corrected chi connectivity index (χ0v) is 16.5. The number of allylic oxidation sites excluding steroid dienone is 1. The quantitative estimate of drug-likeness (QED) is 0.322. The van der Waals surface area contributed by atoms with Crippen molar-refractivity contribution in [1.82, 2.24) is 24.5 Å². The maximum absolute atomic E-state index is 12.8. The molecule has 8 heteroatoms. The molecule has 1 aliphatic carbocycles. The van der Waals surface area contributed by atoms with E-state index in [0.717, 1.165) is 11.3 Å². The largest absolute Gasteiger partial charge is 0.416 e. The van der Waals surface area contributed by atoms with Crippen molar-refractivity contribution in [3.63, 3.8) is 0 Å². The van der Waals surface area contributed by atoms with Gasteiger partial charge in [0.05, 0.1) is 5.57 Å². The molecule has 0 bridgehead atoms. The number of oxazole rings is 1. The smallest absolute Gasteiger partial charge is 0.267 e. The molecular weight excluding hydrogens is 406 g/mol. The molecule has 0 amide bonds. The van der Waals surface area contributed by atoms with Gasteiger partial charge in [-0.1, -0.05) is 36.4 Å². The summed E-state index contributed by atoms with van der Waals surface area (Å²) >= 11 is 0. The highest BCUT2D eigenvalue weighted by atomic mass is 16.4. The standard InChI is InChI=1S/C24H13N5O3/c30-20-16(21(31)19-18(20)25-11-12-26-19)13-17-27-24-22(29(17)15-9-5-2-6-10-15)28-23(32-24)14-7-3-1-4-8-14/h1-13H. The Labute approximate surface area is 180 Å². The maximum Gasteiger partial charge on any atom is 0.267 e. The van der Waals surface area contributed by atoms with E-state index in [0.29, 0.717) is 23.1 Å². The van der Waals surface area contributed by atoms with Crippen LogP contribution in [0.25, 0.3) is 34.6 Å². The van der Waals surface area contributed by atoms with Crippen LogP contribution in [0.5, 0.6) is 0 Å². The third-order valence-electron chi connectivity index (χ3n) is 5.18. The number of ketones is 2. The Hall–Kier alpha value is -4.72. The van der Waals surface area contributed by atoms with Crippen LogP contribution in [0.2, 0.25) is 0 Å². The first-order valence-corrected chi connectivity index (χ1v) is 9.83. The average molecular weight is 419 g/mol. The number of imidazole rings is 1. The predicted molar refractivity (Wildman–Crippen MR) is 115 cm³/mol. The van der Waals surface area contributed by atoms with E-state index >= 15 is 0 Å². The Morgan fingerprint density at radius 3 is 2.06 bits per heavy atom. The molecular formula is C24H13N5O3. The average Bonchev–Trinajstić information content (AvgIpc) is 3.47. The van der Waals surface area contributed by atoms with Crippen LogP contribution in [0.1, 0.15) is 26.8 Å². The van der Waals surface area contributed by atoms with Crippen molar-refractivity contribution in [3.05, 3.63) is 95.8 Å². The molecule has 3 heterocycles. The lowest BCUT2D eigenvalue weighted by Gasteiger charge is -2.05. The van der Waals surface area contributed by atoms with Gasteiger partial charge in [-0.25, -0.2) is 9.97 Å². The molecule has 8 nitrogen and oxygen atoms in total. The molecule has 5 aromatic rings. The second-order valence-electron chi connectivity index (χ2n) is 7.12. The highest BCUT2D eigenvalue weighted by Gasteiger charge is 2.36. The van der Waals surface area contributed by atoms with E-state index in [4.69, 9.17) is 4.42 Å². The van der Waals surface area contributed by atoms with Crippen LogP contribution in [-0.2, 0) is 0 Å². The van der Waals surface area contributed by atoms with Crippen molar-refractivity contribution in [2.45, 2.75) is 0 Å². The van der Waals surface area contributed by atoms with Crippen LogP contribution < -0.4 is 0 Å². The molecule has 32 heavy (non-hydrogen) atoms. The predicted octanol–water partition coefficient (Wildman–Crippen LogP) is 3.93. The van der Waals surface area contributed by atoms with Gasteiger partial charge < -0.3 is 4.42 Å². The summed E-state index contributed by atoms with van der Waals surface area (Å²) in [6.45, 7) is 0. The number of Topliss-reactive ketones (excluding diaryl/α,β-unsaturated/α-hetero) is 2. The van der Waals surface area contributed by atoms with Gasteiger partial charge in [-0.3, -0.25) is 14.2 Å². The monoisotopic (exact) mass is 419 g/mol. The van der Waals surface area contributed by atoms with Crippen molar-refractivity contribution < 1.29 is 14.0 Å². The van der Waals surface area contributed by atoms with E-state index in [1.54, 1.807) is 4.57 Å². The van der Waals surface area contributed by atoms with Gasteiger partial charge in [0.2, 0.25) is 23.1 Å². The highest BCUT2D eigenvalue weighted by molar-refractivity contribution is 6.40. The van der Waals surface area contributed by atoms with E-state index in [1.807, 2.05) is 60.7 Å². The van der Waals surface area contributed by atoms with Crippen LogP contribution in [0, 0.1) is 0 Å². The number of benzene rings is 2. The third-order valence-corrected chi connectivity index (χ3v) is 5.18. The molecule has 0 unspecified atom stereocenters. The highest BCUT2D eigenvalue weighted by Crippen LogP contribution is 2.30. The zero-order chi connectivity index (χ0) is 21.7. The number of carbonyl (C=O) groups is 2. The molecule has 0 saturated carbocycles. The molecule has 0 saturated heterocycles. The summed E-state index contributed by atoms with van der Waals surface area (Å²) in [7, 11) is 0. The number of rotatable bonds is 3. The number of hydrogen-bond donors (Lipinski definition) is 0. The Kier molecular flexibility index (Phi) is 3.91. The number of nitrogens with zero attached hydrogens (tertiary/aromatic N) is 5. The number of fused-ring (bicyclic) bond motifs is 2. The number of hydrogen-bond acceptors (Lipinski definition) is 7. The molecule has 1 aliphatic rings. The molecule has 6 rings (SSSR count). The molecule has 0 N–H and O–H groups in total. The van der Waals surface area contributed by atoms with Crippen LogP contribution in [0.3, 0.4) is 0 Å². The fourth-order valence-electron chi connectivity index (χ4n) is 3.71. The van der Waals surface area contributed by atoms with Crippen LogP contribution in [0.15, 0.2) is 83.0 Å². The lowest BCUT2D eigenvalue weighted by Crippen LogP contribution is -2.04. The van der Waals surface area contributed by atoms with Gasteiger partial charge in [0.25, 0.3) is 5.71 Å². The molecule has 152 valence electrons. The van der Waals surface area contributed by atoms with Gasteiger partial charge in [0, 0.05) is 23.6 Å². The van der Waals surface area contributed by atoms with E-state index in [9.17, 15) is 9.59 Å². The topological polar surface area (TPSA) is 104 Å². The summed E-state index contributed by atoms with van der Waals surface area (Å²) in [4.78, 5) is 42.8. The molecule has 0 aliphatic heterocycles. The van der Waals surface area contributed by atoms with E-state index in [1.165, 1.54) is 18.5 Å². The van der Waals surface area contributed by atoms with Crippen molar-refractivity contribution in [3.8, 4) is 17.1 Å². The van der Waals surface area contributed by atoms with Crippen LogP contribution >= 0.6 is 0 Å². The molecule has 0 spiro atoms. The molecule has 3 aromatic heterocycles. The lowest BCUT2D eigenvalue weighted by molar-refractivity contribution is 0.0988. The van der Waals surface area contributed by atoms with Crippen molar-refractivity contribution >= 4 is 29.0 Å². The molecule has 0 radical (unpaired) electrons. The summed E-state index contributed by atoms with van der Waals surface area (Å²) in [5.41, 5.74) is 2.42. The first-order valence-electron chi connectivity index (χ1n) is 9.83. The normalized spacial score (nSPS) is 13.1. The first kappa shape index (κ1) is 18.1. The third kappa shape index (κ3) is 2.70. The van der Waals surface area contributed by atoms with E-state index in [-0.39, 0.29) is 17.0 Å². The minimum atomic E-state index is -0.477. The van der Waals surface area contributed by atoms with E-state index < -0.39 is 11.6 Å². The van der Waals surface area contributed by atoms with Crippen LogP contribution in [0.4, 0.5) is 0 Å². The van der Waals surface area contributed by atoms with Gasteiger partial charge in [-0.05, 0) is 30.3 Å². The summed E-state index contributed by atoms with van der Waals surface area (Å²) in [5.74, 6) is -0.173. The second kappa shape index (κ2) is 6.92. The Balaban J connectivity index is 1.55. The van der Waals surface area contributed by atoms with E-state index in [2.05, 4.69) is 19.9 Å². The Morgan fingerprint density at radius 2 is 1.41 bits per heavy atom. The molecule has 0 fully saturated rings. The second-order valence-corrected chi connectivity index (χ2v) is 7.12. The fraction of sp³-hybridized carbons (Fsp3) is 0. The summed E-state index contributed by atoms with van der Waals surface area (Å²) in [6, 6.07) is 18.9. The van der Waals surface area contributed by atoms with Gasteiger partial charge in [0.1, 0.15) is 17.2 Å². The zero-order valence-electron chi connectivity index (χ0n) is 16.5.